The van der Waals surface area contributed by atoms with Crippen molar-refractivity contribution in [2.24, 2.45) is 0 Å². The van der Waals surface area contributed by atoms with E-state index < -0.39 is 6.10 Å². The molecule has 0 saturated heterocycles. The van der Waals surface area contributed by atoms with Crippen LogP contribution in [0.15, 0.2) is 60.8 Å². The van der Waals surface area contributed by atoms with Crippen LogP contribution in [0, 0.1) is 0 Å². The van der Waals surface area contributed by atoms with Crippen LogP contribution < -0.4 is 0 Å². The number of rotatable bonds is 63. The number of esters is 3. The summed E-state index contributed by atoms with van der Waals surface area (Å²) in [7, 11) is 0. The molecule has 1 unspecified atom stereocenters. The first-order valence-corrected chi connectivity index (χ1v) is 34.3. The van der Waals surface area contributed by atoms with E-state index in [1.165, 1.54) is 231 Å². The highest BCUT2D eigenvalue weighted by molar-refractivity contribution is 5.71. The lowest BCUT2D eigenvalue weighted by Gasteiger charge is -2.18. The van der Waals surface area contributed by atoms with Crippen LogP contribution in [-0.4, -0.2) is 37.2 Å². The Morgan fingerprint density at radius 3 is 0.782 bits per heavy atom. The molecule has 0 fully saturated rings. The normalized spacial score (nSPS) is 12.4. The number of hydrogen-bond acceptors (Lipinski definition) is 6. The molecule has 6 nitrogen and oxygen atoms in total. The van der Waals surface area contributed by atoms with Gasteiger partial charge in [-0.1, -0.05) is 338 Å². The first-order valence-electron chi connectivity index (χ1n) is 34.3. The predicted octanol–water partition coefficient (Wildman–Crippen LogP) is 23.5. The first kappa shape index (κ1) is 75.1. The average Bonchev–Trinajstić information content (AvgIpc) is 3.44. The minimum absolute atomic E-state index is 0.0691. The van der Waals surface area contributed by atoms with Gasteiger partial charge in [0.05, 0.1) is 0 Å². The molecule has 0 N–H and O–H groups in total. The average molecular weight is 1090 g/mol. The number of carbonyl (C=O) groups excluding carboxylic acids is 3. The van der Waals surface area contributed by atoms with Crippen molar-refractivity contribution in [2.75, 3.05) is 13.2 Å². The molecule has 0 spiro atoms. The minimum atomic E-state index is -0.772. The summed E-state index contributed by atoms with van der Waals surface area (Å²) in [5.41, 5.74) is 0. The third-order valence-electron chi connectivity index (χ3n) is 15.3. The SMILES string of the molecule is CC/C=C\C/C=C\C/C=C\C/C=C\C/C=C\CCCCCCCCCCCCCC(=O)OCC(COC(=O)CCCCCCCCCCCCC)OC(=O)CCCCCCCCCCCCCCCCCCCCCCCC. The lowest BCUT2D eigenvalue weighted by atomic mass is 10.0. The predicted molar refractivity (Wildman–Crippen MR) is 339 cm³/mol. The Labute approximate surface area is 485 Å². The zero-order chi connectivity index (χ0) is 56.4. The topological polar surface area (TPSA) is 78.9 Å². The van der Waals surface area contributed by atoms with Gasteiger partial charge in [-0.15, -0.1) is 0 Å². The molecule has 0 aromatic heterocycles. The van der Waals surface area contributed by atoms with Crippen LogP contribution in [0.3, 0.4) is 0 Å². The number of unbranched alkanes of at least 4 members (excludes halogenated alkanes) is 42. The zero-order valence-corrected chi connectivity index (χ0v) is 52.2. The third kappa shape index (κ3) is 63.9. The second-order valence-electron chi connectivity index (χ2n) is 23.1. The molecule has 1 atom stereocenters. The molecular weight excluding hydrogens is 961 g/mol. The van der Waals surface area contributed by atoms with Crippen LogP contribution in [0.5, 0.6) is 0 Å². The maximum absolute atomic E-state index is 12.9. The summed E-state index contributed by atoms with van der Waals surface area (Å²) in [6, 6.07) is 0. The second-order valence-corrected chi connectivity index (χ2v) is 23.1. The Bertz CT molecular complexity index is 1390. The highest BCUT2D eigenvalue weighted by atomic mass is 16.6. The molecule has 0 aromatic carbocycles. The van der Waals surface area contributed by atoms with E-state index in [0.717, 1.165) is 89.9 Å². The number of hydrogen-bond donors (Lipinski definition) is 0. The summed E-state index contributed by atoms with van der Waals surface area (Å²) in [6.45, 7) is 6.58. The van der Waals surface area contributed by atoms with Crippen molar-refractivity contribution in [1.29, 1.82) is 0 Å². The monoisotopic (exact) mass is 1090 g/mol. The largest absolute Gasteiger partial charge is 0.462 e. The summed E-state index contributed by atoms with van der Waals surface area (Å²) in [4.78, 5) is 38.3. The standard InChI is InChI=1S/C72H130O6/c1-4-7-10-13-16-19-22-24-26-28-30-32-34-35-36-37-38-40-41-43-45-47-50-53-56-59-62-65-71(74)77-68-69(67-76-70(73)64-61-58-55-52-49-21-18-15-12-9-6-3)78-72(75)66-63-60-57-54-51-48-46-44-42-39-33-31-29-27-25-23-20-17-14-11-8-5-2/h7,10,16,19,24,26,30,32,35-36,69H,4-6,8-9,11-15,17-18,20-23,25,27-29,31,33-34,37-68H2,1-3H3/b10-7-,19-16-,26-24-,32-30-,36-35-. The molecule has 0 aliphatic rings. The molecule has 0 aromatic rings. The maximum Gasteiger partial charge on any atom is 0.306 e. The Kier molecular flexibility index (Phi) is 64.2. The van der Waals surface area contributed by atoms with E-state index in [0.29, 0.717) is 19.3 Å². The molecule has 6 heteroatoms. The quantitative estimate of drug-likeness (QED) is 0.0261. The van der Waals surface area contributed by atoms with Gasteiger partial charge in [0.1, 0.15) is 13.2 Å². The highest BCUT2D eigenvalue weighted by Crippen LogP contribution is 2.18. The van der Waals surface area contributed by atoms with Gasteiger partial charge in [-0.3, -0.25) is 14.4 Å². The molecule has 0 saturated carbocycles. The lowest BCUT2D eigenvalue weighted by Crippen LogP contribution is -2.30. The number of allylic oxidation sites excluding steroid dienone is 10. The molecule has 0 radical (unpaired) electrons. The van der Waals surface area contributed by atoms with Crippen molar-refractivity contribution in [2.45, 2.75) is 367 Å². The zero-order valence-electron chi connectivity index (χ0n) is 52.2. The van der Waals surface area contributed by atoms with Crippen LogP contribution in [-0.2, 0) is 28.6 Å². The Balaban J connectivity index is 4.21. The fourth-order valence-corrected chi connectivity index (χ4v) is 10.2. The van der Waals surface area contributed by atoms with Crippen molar-refractivity contribution in [3.05, 3.63) is 60.8 Å². The third-order valence-corrected chi connectivity index (χ3v) is 15.3. The van der Waals surface area contributed by atoms with Gasteiger partial charge in [-0.05, 0) is 64.2 Å². The molecule has 0 amide bonds. The number of ether oxygens (including phenoxy) is 3. The molecule has 0 heterocycles. The molecule has 0 aliphatic heterocycles. The van der Waals surface area contributed by atoms with Crippen LogP contribution in [0.4, 0.5) is 0 Å². The van der Waals surface area contributed by atoms with E-state index in [1.54, 1.807) is 0 Å². The fraction of sp³-hybridized carbons (Fsp3) is 0.819. The molecule has 78 heavy (non-hydrogen) atoms. The van der Waals surface area contributed by atoms with Gasteiger partial charge in [-0.2, -0.15) is 0 Å². The van der Waals surface area contributed by atoms with Gasteiger partial charge in [0.15, 0.2) is 6.10 Å². The van der Waals surface area contributed by atoms with Crippen molar-refractivity contribution in [3.63, 3.8) is 0 Å². The summed E-state index contributed by atoms with van der Waals surface area (Å²) in [5.74, 6) is -0.849. The molecule has 454 valence electrons. The van der Waals surface area contributed by atoms with Crippen LogP contribution in [0.2, 0.25) is 0 Å². The van der Waals surface area contributed by atoms with Gasteiger partial charge in [0.25, 0.3) is 0 Å². The minimum Gasteiger partial charge on any atom is -0.462 e. The molecule has 0 aliphatic carbocycles. The van der Waals surface area contributed by atoms with Crippen molar-refractivity contribution < 1.29 is 28.6 Å². The van der Waals surface area contributed by atoms with Crippen molar-refractivity contribution in [3.8, 4) is 0 Å². The second kappa shape index (κ2) is 66.6. The van der Waals surface area contributed by atoms with E-state index in [-0.39, 0.29) is 31.1 Å². The summed E-state index contributed by atoms with van der Waals surface area (Å²) in [6.07, 6.45) is 85.3. The summed E-state index contributed by atoms with van der Waals surface area (Å²) < 4.78 is 17.0. The van der Waals surface area contributed by atoms with Crippen molar-refractivity contribution >= 4 is 17.9 Å². The van der Waals surface area contributed by atoms with Crippen molar-refractivity contribution in [1.82, 2.24) is 0 Å². The van der Waals surface area contributed by atoms with Crippen LogP contribution in [0.1, 0.15) is 361 Å². The Hall–Kier alpha value is -2.89. The summed E-state index contributed by atoms with van der Waals surface area (Å²) in [5, 5.41) is 0. The smallest absolute Gasteiger partial charge is 0.306 e. The Morgan fingerprint density at radius 2 is 0.500 bits per heavy atom. The lowest BCUT2D eigenvalue weighted by molar-refractivity contribution is -0.167. The van der Waals surface area contributed by atoms with E-state index in [2.05, 4.69) is 81.5 Å². The van der Waals surface area contributed by atoms with Gasteiger partial charge in [0, 0.05) is 19.3 Å². The number of carbonyl (C=O) groups is 3. The van der Waals surface area contributed by atoms with E-state index in [1.807, 2.05) is 0 Å². The van der Waals surface area contributed by atoms with Gasteiger partial charge < -0.3 is 14.2 Å². The first-order chi connectivity index (χ1) is 38.5. The molecule has 0 bridgehead atoms. The van der Waals surface area contributed by atoms with Gasteiger partial charge in [0.2, 0.25) is 0 Å². The molecular formula is C72H130O6. The van der Waals surface area contributed by atoms with Crippen LogP contribution in [0.25, 0.3) is 0 Å². The van der Waals surface area contributed by atoms with E-state index >= 15 is 0 Å². The van der Waals surface area contributed by atoms with E-state index in [4.69, 9.17) is 14.2 Å². The van der Waals surface area contributed by atoms with Crippen LogP contribution >= 0.6 is 0 Å². The maximum atomic E-state index is 12.9. The summed E-state index contributed by atoms with van der Waals surface area (Å²) >= 11 is 0. The molecule has 0 rings (SSSR count). The van der Waals surface area contributed by atoms with Gasteiger partial charge >= 0.3 is 17.9 Å². The Morgan fingerprint density at radius 1 is 0.269 bits per heavy atom. The van der Waals surface area contributed by atoms with E-state index in [9.17, 15) is 14.4 Å². The highest BCUT2D eigenvalue weighted by Gasteiger charge is 2.19. The van der Waals surface area contributed by atoms with Gasteiger partial charge in [-0.25, -0.2) is 0 Å². The fourth-order valence-electron chi connectivity index (χ4n) is 10.2.